The maximum absolute atomic E-state index is 13.3. The number of nitrogens with zero attached hydrogens (tertiary/aromatic N) is 3. The number of rotatable bonds is 8. The van der Waals surface area contributed by atoms with Crippen molar-refractivity contribution in [2.45, 2.75) is 77.5 Å². The molecule has 1 saturated carbocycles. The smallest absolute Gasteiger partial charge is 0.293 e. The lowest BCUT2D eigenvalue weighted by atomic mass is 9.90. The monoisotopic (exact) mass is 490 g/mol. The van der Waals surface area contributed by atoms with Crippen molar-refractivity contribution in [2.24, 2.45) is 5.92 Å². The van der Waals surface area contributed by atoms with Gasteiger partial charge in [0, 0.05) is 54.2 Å². The Morgan fingerprint density at radius 3 is 2.86 bits per heavy atom. The molecule has 2 atom stereocenters. The van der Waals surface area contributed by atoms with Gasteiger partial charge in [0.25, 0.3) is 5.56 Å². The molecule has 3 N–H and O–H groups in total. The third-order valence-electron chi connectivity index (χ3n) is 8.04. The van der Waals surface area contributed by atoms with Crippen LogP contribution in [-0.4, -0.2) is 50.5 Å². The zero-order valence-corrected chi connectivity index (χ0v) is 21.4. The molecule has 1 amide bonds. The first kappa shape index (κ1) is 24.6. The lowest BCUT2D eigenvalue weighted by Crippen LogP contribution is -2.50. The molecule has 1 aromatic carbocycles. The molecule has 3 aromatic rings. The molecular formula is C28H38N6O2. The van der Waals surface area contributed by atoms with Gasteiger partial charge in [-0.05, 0) is 62.8 Å². The standard InChI is InChI=1S/C28H38N6O2/c1-19-11-13-33(22-7-3-4-8-22)23(14-19)17-32-27-28(36)34(20(2)15-31-27)18-26(35)30-16-21-6-5-9-25-24(21)10-12-29-25/h5-6,9-10,12,15,19,22-23,29H,3-4,7-8,11,13-14,16-18H2,1-2H3,(H,30,35)(H,31,32)/t19-,23-/m1/s1. The summed E-state index contributed by atoms with van der Waals surface area (Å²) in [5.41, 5.74) is 2.51. The van der Waals surface area contributed by atoms with E-state index in [1.807, 2.05) is 37.4 Å². The van der Waals surface area contributed by atoms with E-state index in [4.69, 9.17) is 0 Å². The van der Waals surface area contributed by atoms with E-state index < -0.39 is 0 Å². The van der Waals surface area contributed by atoms with Crippen molar-refractivity contribution in [3.8, 4) is 0 Å². The van der Waals surface area contributed by atoms with Gasteiger partial charge in [-0.25, -0.2) is 4.98 Å². The molecule has 0 bridgehead atoms. The van der Waals surface area contributed by atoms with Gasteiger partial charge in [-0.3, -0.25) is 19.1 Å². The molecule has 1 aliphatic carbocycles. The lowest BCUT2D eigenvalue weighted by Gasteiger charge is -2.42. The molecule has 0 radical (unpaired) electrons. The zero-order chi connectivity index (χ0) is 25.1. The van der Waals surface area contributed by atoms with E-state index in [1.54, 1.807) is 6.20 Å². The number of anilines is 1. The Morgan fingerprint density at radius 2 is 2.03 bits per heavy atom. The summed E-state index contributed by atoms with van der Waals surface area (Å²) >= 11 is 0. The molecule has 36 heavy (non-hydrogen) atoms. The number of hydrogen-bond donors (Lipinski definition) is 3. The molecule has 8 heteroatoms. The van der Waals surface area contributed by atoms with Gasteiger partial charge in [-0.15, -0.1) is 0 Å². The fraction of sp³-hybridized carbons (Fsp3) is 0.536. The number of aryl methyl sites for hydroxylation is 1. The summed E-state index contributed by atoms with van der Waals surface area (Å²) in [6.07, 6.45) is 11.2. The van der Waals surface area contributed by atoms with Gasteiger partial charge in [0.1, 0.15) is 6.54 Å². The number of nitrogens with one attached hydrogen (secondary N) is 3. The minimum Gasteiger partial charge on any atom is -0.364 e. The fourth-order valence-corrected chi connectivity index (χ4v) is 5.99. The van der Waals surface area contributed by atoms with Gasteiger partial charge in [0.05, 0.1) is 0 Å². The molecule has 2 fully saturated rings. The second-order valence-electron chi connectivity index (χ2n) is 10.6. The third kappa shape index (κ3) is 5.33. The Labute approximate surface area is 212 Å². The van der Waals surface area contributed by atoms with Gasteiger partial charge in [-0.1, -0.05) is 31.9 Å². The van der Waals surface area contributed by atoms with E-state index in [0.29, 0.717) is 42.6 Å². The molecule has 3 heterocycles. The predicted molar refractivity (Wildman–Crippen MR) is 143 cm³/mol. The Hall–Kier alpha value is -3.13. The number of hydrogen-bond acceptors (Lipinski definition) is 5. The molecule has 0 unspecified atom stereocenters. The lowest BCUT2D eigenvalue weighted by molar-refractivity contribution is -0.121. The second kappa shape index (κ2) is 10.9. The first-order valence-corrected chi connectivity index (χ1v) is 13.4. The Bertz CT molecular complexity index is 1260. The van der Waals surface area contributed by atoms with E-state index in [1.165, 1.54) is 36.7 Å². The summed E-state index contributed by atoms with van der Waals surface area (Å²) < 4.78 is 1.51. The van der Waals surface area contributed by atoms with E-state index >= 15 is 0 Å². The molecule has 0 spiro atoms. The number of carbonyl (C=O) groups excluding carboxylic acids is 1. The van der Waals surface area contributed by atoms with Crippen LogP contribution >= 0.6 is 0 Å². The van der Waals surface area contributed by atoms with Crippen LogP contribution in [0.15, 0.2) is 41.5 Å². The summed E-state index contributed by atoms with van der Waals surface area (Å²) in [4.78, 5) is 36.3. The second-order valence-corrected chi connectivity index (χ2v) is 10.6. The Kier molecular flexibility index (Phi) is 7.41. The highest BCUT2D eigenvalue weighted by atomic mass is 16.2. The average Bonchev–Trinajstić information content (AvgIpc) is 3.57. The number of carbonyl (C=O) groups is 1. The van der Waals surface area contributed by atoms with E-state index in [0.717, 1.165) is 29.4 Å². The number of amides is 1. The zero-order valence-electron chi connectivity index (χ0n) is 21.4. The van der Waals surface area contributed by atoms with Crippen molar-refractivity contribution < 1.29 is 4.79 Å². The van der Waals surface area contributed by atoms with Crippen molar-refractivity contribution in [3.05, 3.63) is 58.3 Å². The SMILES string of the molecule is Cc1cnc(NC[C@H]2C[C@H](C)CCN2C2CCCC2)c(=O)n1CC(=O)NCc1cccc2[nH]ccc12. The number of aromatic amines is 1. The quantitative estimate of drug-likeness (QED) is 0.446. The van der Waals surface area contributed by atoms with Crippen LogP contribution in [0.2, 0.25) is 0 Å². The number of H-pyrrole nitrogens is 1. The number of aromatic nitrogens is 3. The topological polar surface area (TPSA) is 95.1 Å². The fourth-order valence-electron chi connectivity index (χ4n) is 5.99. The van der Waals surface area contributed by atoms with Crippen LogP contribution in [0.4, 0.5) is 5.82 Å². The van der Waals surface area contributed by atoms with Gasteiger partial charge >= 0.3 is 0 Å². The molecule has 2 aromatic heterocycles. The molecule has 192 valence electrons. The Balaban J connectivity index is 1.23. The maximum Gasteiger partial charge on any atom is 0.293 e. The van der Waals surface area contributed by atoms with Crippen LogP contribution in [0.5, 0.6) is 0 Å². The maximum atomic E-state index is 13.3. The van der Waals surface area contributed by atoms with Gasteiger partial charge < -0.3 is 15.6 Å². The van der Waals surface area contributed by atoms with Crippen LogP contribution in [-0.2, 0) is 17.9 Å². The number of likely N-dealkylation sites (tertiary alicyclic amines) is 1. The third-order valence-corrected chi connectivity index (χ3v) is 8.04. The molecule has 5 rings (SSSR count). The highest BCUT2D eigenvalue weighted by Crippen LogP contribution is 2.31. The van der Waals surface area contributed by atoms with E-state index in [2.05, 4.69) is 32.4 Å². The van der Waals surface area contributed by atoms with Crippen molar-refractivity contribution in [2.75, 3.05) is 18.4 Å². The average molecular weight is 491 g/mol. The number of benzene rings is 1. The first-order chi connectivity index (χ1) is 17.5. The van der Waals surface area contributed by atoms with E-state index in [9.17, 15) is 9.59 Å². The van der Waals surface area contributed by atoms with Gasteiger partial charge in [0.15, 0.2) is 5.82 Å². The summed E-state index contributed by atoms with van der Waals surface area (Å²) in [6.45, 7) is 6.37. The van der Waals surface area contributed by atoms with Crippen molar-refractivity contribution in [3.63, 3.8) is 0 Å². The predicted octanol–water partition coefficient (Wildman–Crippen LogP) is 3.80. The van der Waals surface area contributed by atoms with Crippen LogP contribution in [0.25, 0.3) is 10.9 Å². The van der Waals surface area contributed by atoms with Crippen LogP contribution in [0.1, 0.15) is 56.7 Å². The minimum atomic E-state index is -0.242. The molecular weight excluding hydrogens is 452 g/mol. The van der Waals surface area contributed by atoms with Crippen molar-refractivity contribution >= 4 is 22.6 Å². The molecule has 8 nitrogen and oxygen atoms in total. The number of fused-ring (bicyclic) bond motifs is 1. The van der Waals surface area contributed by atoms with Gasteiger partial charge in [0.2, 0.25) is 5.91 Å². The molecule has 2 aliphatic rings. The minimum absolute atomic E-state index is 0.0281. The van der Waals surface area contributed by atoms with Crippen molar-refractivity contribution in [1.29, 1.82) is 0 Å². The van der Waals surface area contributed by atoms with Crippen LogP contribution in [0, 0.1) is 12.8 Å². The summed E-state index contributed by atoms with van der Waals surface area (Å²) in [6, 6.07) is 9.07. The van der Waals surface area contributed by atoms with Crippen LogP contribution < -0.4 is 16.2 Å². The van der Waals surface area contributed by atoms with E-state index in [-0.39, 0.29) is 18.0 Å². The molecule has 1 aliphatic heterocycles. The highest BCUT2D eigenvalue weighted by molar-refractivity contribution is 5.83. The number of piperidine rings is 1. The van der Waals surface area contributed by atoms with Crippen molar-refractivity contribution in [1.82, 2.24) is 24.8 Å². The highest BCUT2D eigenvalue weighted by Gasteiger charge is 2.33. The van der Waals surface area contributed by atoms with Crippen LogP contribution in [0.3, 0.4) is 0 Å². The largest absolute Gasteiger partial charge is 0.364 e. The summed E-state index contributed by atoms with van der Waals surface area (Å²) in [7, 11) is 0. The summed E-state index contributed by atoms with van der Waals surface area (Å²) in [5.74, 6) is 0.825. The molecule has 1 saturated heterocycles. The summed E-state index contributed by atoms with van der Waals surface area (Å²) in [5, 5.41) is 7.41. The van der Waals surface area contributed by atoms with Gasteiger partial charge in [-0.2, -0.15) is 0 Å². The Morgan fingerprint density at radius 1 is 1.19 bits per heavy atom. The first-order valence-electron chi connectivity index (χ1n) is 13.4. The normalized spacial score (nSPS) is 21.2.